The smallest absolute Gasteiger partial charge is 0.252 e. The van der Waals surface area contributed by atoms with E-state index in [9.17, 15) is 9.59 Å². The lowest BCUT2D eigenvalue weighted by molar-refractivity contribution is 0.0988. The van der Waals surface area contributed by atoms with Gasteiger partial charge in [-0.1, -0.05) is 18.2 Å². The summed E-state index contributed by atoms with van der Waals surface area (Å²) in [5, 5.41) is 0. The molecule has 5 nitrogen and oxygen atoms in total. The Kier molecular flexibility index (Phi) is 4.23. The zero-order valence-corrected chi connectivity index (χ0v) is 11.6. The molecule has 0 fully saturated rings. The number of carbonyl (C=O) groups is 2. The summed E-state index contributed by atoms with van der Waals surface area (Å²) in [6, 6.07) is 12.0. The lowest BCUT2D eigenvalue weighted by atomic mass is 10.1. The van der Waals surface area contributed by atoms with E-state index in [1.165, 1.54) is 0 Å². The fourth-order valence-corrected chi connectivity index (χ4v) is 1.88. The molecule has 0 aliphatic rings. The Morgan fingerprint density at radius 1 is 1.00 bits per heavy atom. The minimum Gasteiger partial charge on any atom is -0.488 e. The highest BCUT2D eigenvalue weighted by molar-refractivity contribution is 5.95. The third kappa shape index (κ3) is 3.60. The molecule has 2 aromatic carbocycles. The molecule has 0 aromatic heterocycles. The van der Waals surface area contributed by atoms with Crippen LogP contribution >= 0.6 is 0 Å². The zero-order chi connectivity index (χ0) is 15.4. The van der Waals surface area contributed by atoms with Gasteiger partial charge in [-0.25, -0.2) is 0 Å². The number of aryl methyl sites for hydroxylation is 1. The highest BCUT2D eigenvalue weighted by atomic mass is 16.5. The summed E-state index contributed by atoms with van der Waals surface area (Å²) in [5.41, 5.74) is 13.1. The van der Waals surface area contributed by atoms with Crippen molar-refractivity contribution in [1.82, 2.24) is 0 Å². The maximum absolute atomic E-state index is 11.4. The lowest BCUT2D eigenvalue weighted by Crippen LogP contribution is -2.13. The first-order chi connectivity index (χ1) is 9.97. The predicted octanol–water partition coefficient (Wildman–Crippen LogP) is 1.77. The molecule has 108 valence electrons. The molecule has 2 amide bonds. The summed E-state index contributed by atoms with van der Waals surface area (Å²) in [6.45, 7) is 2.17. The molecule has 0 aliphatic carbocycles. The normalized spacial score (nSPS) is 10.1. The van der Waals surface area contributed by atoms with Crippen molar-refractivity contribution in [3.63, 3.8) is 0 Å². The summed E-state index contributed by atoms with van der Waals surface area (Å²) in [5.74, 6) is -0.562. The molecule has 0 aliphatic heterocycles. The molecule has 0 spiro atoms. The van der Waals surface area contributed by atoms with Crippen LogP contribution in [-0.2, 0) is 6.61 Å². The van der Waals surface area contributed by atoms with Crippen LogP contribution in [0.2, 0.25) is 0 Å². The van der Waals surface area contributed by atoms with Crippen LogP contribution in [0, 0.1) is 6.92 Å². The monoisotopic (exact) mass is 284 g/mol. The molecular weight excluding hydrogens is 268 g/mol. The lowest BCUT2D eigenvalue weighted by Gasteiger charge is -2.10. The first kappa shape index (κ1) is 14.6. The topological polar surface area (TPSA) is 95.4 Å². The standard InChI is InChI=1S/C16H16N2O3/c1-10-2-7-13(16(18)20)14(8-10)21-9-11-3-5-12(6-4-11)15(17)19/h2-8H,9H2,1H3,(H2,17,19)(H2,18,20). The number of primary amides is 2. The maximum atomic E-state index is 11.4. The third-order valence-electron chi connectivity index (χ3n) is 3.04. The Bertz CT molecular complexity index is 678. The van der Waals surface area contributed by atoms with Crippen LogP contribution in [0.5, 0.6) is 5.75 Å². The summed E-state index contributed by atoms with van der Waals surface area (Å²) in [4.78, 5) is 22.3. The number of ether oxygens (including phenoxy) is 1. The second kappa shape index (κ2) is 6.09. The number of hydrogen-bond donors (Lipinski definition) is 2. The SMILES string of the molecule is Cc1ccc(C(N)=O)c(OCc2ccc(C(N)=O)cc2)c1. The summed E-state index contributed by atoms with van der Waals surface area (Å²) in [6.07, 6.45) is 0. The minimum atomic E-state index is -0.533. The molecule has 0 heterocycles. The highest BCUT2D eigenvalue weighted by Gasteiger charge is 2.10. The number of carbonyl (C=O) groups excluding carboxylic acids is 2. The van der Waals surface area contributed by atoms with E-state index in [0.29, 0.717) is 16.9 Å². The number of benzene rings is 2. The van der Waals surface area contributed by atoms with Crippen LogP contribution in [0.1, 0.15) is 31.8 Å². The average Bonchev–Trinajstić information content (AvgIpc) is 2.45. The third-order valence-corrected chi connectivity index (χ3v) is 3.04. The van der Waals surface area contributed by atoms with Gasteiger partial charge in [0.15, 0.2) is 0 Å². The van der Waals surface area contributed by atoms with Crippen molar-refractivity contribution in [2.75, 3.05) is 0 Å². The number of hydrogen-bond acceptors (Lipinski definition) is 3. The van der Waals surface area contributed by atoms with E-state index in [1.807, 2.05) is 6.92 Å². The zero-order valence-electron chi connectivity index (χ0n) is 11.6. The van der Waals surface area contributed by atoms with Crippen molar-refractivity contribution in [1.29, 1.82) is 0 Å². The predicted molar refractivity (Wildman–Crippen MR) is 79.0 cm³/mol. The summed E-state index contributed by atoms with van der Waals surface area (Å²) in [7, 11) is 0. The van der Waals surface area contributed by atoms with Gasteiger partial charge >= 0.3 is 0 Å². The Morgan fingerprint density at radius 2 is 1.67 bits per heavy atom. The van der Waals surface area contributed by atoms with Gasteiger partial charge in [0.05, 0.1) is 5.56 Å². The molecule has 2 rings (SSSR count). The Balaban J connectivity index is 2.14. The van der Waals surface area contributed by atoms with Gasteiger partial charge in [-0.05, 0) is 42.3 Å². The van der Waals surface area contributed by atoms with Crippen molar-refractivity contribution < 1.29 is 14.3 Å². The van der Waals surface area contributed by atoms with Crippen LogP contribution in [0.25, 0.3) is 0 Å². The van der Waals surface area contributed by atoms with E-state index in [0.717, 1.165) is 11.1 Å². The van der Waals surface area contributed by atoms with Gasteiger partial charge in [0, 0.05) is 5.56 Å². The Morgan fingerprint density at radius 3 is 2.24 bits per heavy atom. The highest BCUT2D eigenvalue weighted by Crippen LogP contribution is 2.21. The quantitative estimate of drug-likeness (QED) is 0.875. The maximum Gasteiger partial charge on any atom is 0.252 e. The van der Waals surface area contributed by atoms with Crippen molar-refractivity contribution in [2.45, 2.75) is 13.5 Å². The van der Waals surface area contributed by atoms with Crippen LogP contribution < -0.4 is 16.2 Å². The minimum absolute atomic E-state index is 0.267. The first-order valence-corrected chi connectivity index (χ1v) is 6.39. The van der Waals surface area contributed by atoms with Crippen molar-refractivity contribution >= 4 is 11.8 Å². The van der Waals surface area contributed by atoms with E-state index >= 15 is 0 Å². The van der Waals surface area contributed by atoms with E-state index in [4.69, 9.17) is 16.2 Å². The van der Waals surface area contributed by atoms with Crippen LogP contribution in [0.3, 0.4) is 0 Å². The van der Waals surface area contributed by atoms with Crippen LogP contribution in [-0.4, -0.2) is 11.8 Å². The van der Waals surface area contributed by atoms with Crippen LogP contribution in [0.15, 0.2) is 42.5 Å². The van der Waals surface area contributed by atoms with Crippen molar-refractivity contribution in [2.24, 2.45) is 11.5 Å². The van der Waals surface area contributed by atoms with Gasteiger partial charge in [-0.2, -0.15) is 0 Å². The summed E-state index contributed by atoms with van der Waals surface area (Å²) >= 11 is 0. The molecule has 5 heteroatoms. The molecule has 4 N–H and O–H groups in total. The van der Waals surface area contributed by atoms with Gasteiger partial charge in [-0.15, -0.1) is 0 Å². The molecule has 0 radical (unpaired) electrons. The molecular formula is C16H16N2O3. The van der Waals surface area contributed by atoms with Gasteiger partial charge in [-0.3, -0.25) is 9.59 Å². The number of nitrogens with two attached hydrogens (primary N) is 2. The van der Waals surface area contributed by atoms with Crippen molar-refractivity contribution in [3.8, 4) is 5.75 Å². The summed E-state index contributed by atoms with van der Waals surface area (Å²) < 4.78 is 5.65. The van der Waals surface area contributed by atoms with Crippen molar-refractivity contribution in [3.05, 3.63) is 64.7 Å². The molecule has 0 unspecified atom stereocenters. The molecule has 21 heavy (non-hydrogen) atoms. The fourth-order valence-electron chi connectivity index (χ4n) is 1.88. The Hall–Kier alpha value is -2.82. The fraction of sp³-hybridized carbons (Fsp3) is 0.125. The second-order valence-corrected chi connectivity index (χ2v) is 4.71. The average molecular weight is 284 g/mol. The van der Waals surface area contributed by atoms with Gasteiger partial charge < -0.3 is 16.2 Å². The van der Waals surface area contributed by atoms with E-state index in [1.54, 1.807) is 42.5 Å². The second-order valence-electron chi connectivity index (χ2n) is 4.71. The van der Waals surface area contributed by atoms with Gasteiger partial charge in [0.1, 0.15) is 12.4 Å². The first-order valence-electron chi connectivity index (χ1n) is 6.39. The molecule has 0 saturated heterocycles. The van der Waals surface area contributed by atoms with E-state index in [-0.39, 0.29) is 6.61 Å². The van der Waals surface area contributed by atoms with E-state index in [2.05, 4.69) is 0 Å². The molecule has 0 saturated carbocycles. The molecule has 0 bridgehead atoms. The largest absolute Gasteiger partial charge is 0.488 e. The number of amides is 2. The number of rotatable bonds is 5. The van der Waals surface area contributed by atoms with Crippen LogP contribution in [0.4, 0.5) is 0 Å². The molecule has 0 atom stereocenters. The van der Waals surface area contributed by atoms with E-state index < -0.39 is 11.8 Å². The van der Waals surface area contributed by atoms with Gasteiger partial charge in [0.2, 0.25) is 5.91 Å². The molecule has 2 aromatic rings. The van der Waals surface area contributed by atoms with Gasteiger partial charge in [0.25, 0.3) is 5.91 Å². The Labute approximate surface area is 122 Å².